The molecule has 6 nitrogen and oxygen atoms in total. The van der Waals surface area contributed by atoms with Crippen LogP contribution in [0.4, 0.5) is 0 Å². The van der Waals surface area contributed by atoms with Crippen LogP contribution in [0.1, 0.15) is 42.5 Å². The van der Waals surface area contributed by atoms with Crippen LogP contribution in [-0.4, -0.2) is 32.7 Å². The van der Waals surface area contributed by atoms with Crippen LogP contribution in [0.3, 0.4) is 0 Å². The van der Waals surface area contributed by atoms with Gasteiger partial charge in [0, 0.05) is 11.1 Å². The molecule has 0 amide bonds. The van der Waals surface area contributed by atoms with Gasteiger partial charge < -0.3 is 13.9 Å². The van der Waals surface area contributed by atoms with Gasteiger partial charge in [-0.2, -0.15) is 0 Å². The highest BCUT2D eigenvalue weighted by molar-refractivity contribution is 7.91. The third kappa shape index (κ3) is 3.55. The van der Waals surface area contributed by atoms with Gasteiger partial charge in [0.25, 0.3) is 0 Å². The Bertz CT molecular complexity index is 939. The lowest BCUT2D eigenvalue weighted by Gasteiger charge is -2.41. The van der Waals surface area contributed by atoms with E-state index in [0.29, 0.717) is 23.7 Å². The highest BCUT2D eigenvalue weighted by Crippen LogP contribution is 2.44. The van der Waals surface area contributed by atoms with Crippen LogP contribution in [-0.2, 0) is 14.6 Å². The molecule has 1 aromatic carbocycles. The lowest BCUT2D eigenvalue weighted by molar-refractivity contribution is 0.0564. The number of carbonyl (C=O) groups excluding carboxylic acids is 1. The van der Waals surface area contributed by atoms with E-state index in [9.17, 15) is 13.2 Å². The highest BCUT2D eigenvalue weighted by Gasteiger charge is 2.43. The number of esters is 1. The third-order valence-corrected chi connectivity index (χ3v) is 8.02. The summed E-state index contributed by atoms with van der Waals surface area (Å²) in [6.45, 7) is 0. The minimum absolute atomic E-state index is 0.196. The second-order valence-corrected chi connectivity index (χ2v) is 9.83. The molecule has 0 aliphatic heterocycles. The molecule has 28 heavy (non-hydrogen) atoms. The first kappa shape index (κ1) is 19.1. The van der Waals surface area contributed by atoms with Crippen LogP contribution in [0, 0.1) is 11.8 Å². The van der Waals surface area contributed by atoms with Crippen LogP contribution in [0.2, 0.25) is 0 Å². The lowest BCUT2D eigenvalue weighted by Crippen LogP contribution is -2.42. The zero-order valence-corrected chi connectivity index (χ0v) is 16.6. The van der Waals surface area contributed by atoms with Gasteiger partial charge in [-0.15, -0.1) is 0 Å². The van der Waals surface area contributed by atoms with E-state index in [1.165, 1.54) is 13.4 Å². The van der Waals surface area contributed by atoms with Gasteiger partial charge in [0.15, 0.2) is 15.8 Å². The summed E-state index contributed by atoms with van der Waals surface area (Å²) in [5.74, 6) is -0.256. The van der Waals surface area contributed by atoms with Crippen molar-refractivity contribution in [3.05, 3.63) is 42.4 Å². The second-order valence-electron chi connectivity index (χ2n) is 7.67. The van der Waals surface area contributed by atoms with Crippen molar-refractivity contribution in [2.45, 2.75) is 37.4 Å². The molecule has 0 radical (unpaired) electrons. The van der Waals surface area contributed by atoms with Crippen molar-refractivity contribution in [3.63, 3.8) is 0 Å². The molecule has 7 heteroatoms. The topological polar surface area (TPSA) is 82.8 Å². The minimum Gasteiger partial charge on any atom is -0.495 e. The summed E-state index contributed by atoms with van der Waals surface area (Å²) in [6.07, 6.45) is 7.94. The van der Waals surface area contributed by atoms with Crippen LogP contribution in [0.25, 0.3) is 11.1 Å². The zero-order chi connectivity index (χ0) is 19.7. The van der Waals surface area contributed by atoms with Crippen LogP contribution < -0.4 is 4.74 Å². The Balaban J connectivity index is 1.50. The van der Waals surface area contributed by atoms with Gasteiger partial charge in [-0.3, -0.25) is 0 Å². The van der Waals surface area contributed by atoms with Gasteiger partial charge >= 0.3 is 5.97 Å². The third-order valence-electron chi connectivity index (χ3n) is 6.07. The molecule has 0 spiro atoms. The van der Waals surface area contributed by atoms with Crippen molar-refractivity contribution in [1.29, 1.82) is 0 Å². The molecular weight excluding hydrogens is 380 g/mol. The minimum atomic E-state index is -3.49. The van der Waals surface area contributed by atoms with Crippen molar-refractivity contribution < 1.29 is 27.1 Å². The maximum atomic E-state index is 12.8. The molecule has 1 atom stereocenters. The molecule has 0 N–H and O–H groups in total. The fourth-order valence-corrected chi connectivity index (χ4v) is 6.49. The number of benzene rings is 1. The molecule has 150 valence electrons. The molecule has 1 unspecified atom stereocenters. The Kier molecular flexibility index (Phi) is 5.19. The molecule has 0 saturated heterocycles. The number of furan rings is 1. The monoisotopic (exact) mass is 404 g/mol. The smallest absolute Gasteiger partial charge is 0.342 e. The first-order valence-corrected chi connectivity index (χ1v) is 11.3. The first-order chi connectivity index (χ1) is 13.5. The number of hydrogen-bond donors (Lipinski definition) is 0. The van der Waals surface area contributed by atoms with E-state index in [2.05, 4.69) is 0 Å². The predicted octanol–water partition coefficient (Wildman–Crippen LogP) is 4.06. The number of sulfone groups is 1. The van der Waals surface area contributed by atoms with Gasteiger partial charge in [0.2, 0.25) is 0 Å². The number of methoxy groups -OCH3 is 1. The van der Waals surface area contributed by atoms with E-state index in [1.807, 2.05) is 0 Å². The average molecular weight is 404 g/mol. The predicted molar refractivity (Wildman–Crippen MR) is 104 cm³/mol. The molecule has 3 aliphatic carbocycles. The Morgan fingerprint density at radius 3 is 2.57 bits per heavy atom. The van der Waals surface area contributed by atoms with Crippen molar-refractivity contribution >= 4 is 15.8 Å². The number of rotatable bonds is 6. The summed E-state index contributed by atoms with van der Waals surface area (Å²) < 4.78 is 41.4. The number of fused-ring (bicyclic) bond motifs is 3. The maximum Gasteiger partial charge on any atom is 0.342 e. The second kappa shape index (κ2) is 7.62. The van der Waals surface area contributed by atoms with Crippen LogP contribution in [0.5, 0.6) is 5.75 Å². The largest absolute Gasteiger partial charge is 0.495 e. The Hall–Kier alpha value is -2.28. The molecule has 3 saturated carbocycles. The highest BCUT2D eigenvalue weighted by atomic mass is 32.2. The van der Waals surface area contributed by atoms with E-state index in [4.69, 9.17) is 13.9 Å². The molecule has 5 rings (SSSR count). The molecule has 1 heterocycles. The van der Waals surface area contributed by atoms with E-state index < -0.39 is 21.7 Å². The van der Waals surface area contributed by atoms with E-state index in [1.54, 1.807) is 30.5 Å². The average Bonchev–Trinajstić information content (AvgIpc) is 3.27. The van der Waals surface area contributed by atoms with Crippen molar-refractivity contribution in [2.24, 2.45) is 11.8 Å². The zero-order valence-electron chi connectivity index (χ0n) is 15.8. The Morgan fingerprint density at radius 2 is 1.96 bits per heavy atom. The van der Waals surface area contributed by atoms with Gasteiger partial charge in [-0.05, 0) is 43.2 Å². The Morgan fingerprint density at radius 1 is 1.18 bits per heavy atom. The van der Waals surface area contributed by atoms with Crippen LogP contribution in [0.15, 0.2) is 41.2 Å². The fourth-order valence-electron chi connectivity index (χ4n) is 4.62. The van der Waals surface area contributed by atoms with Crippen molar-refractivity contribution in [1.82, 2.24) is 0 Å². The van der Waals surface area contributed by atoms with Gasteiger partial charge in [-0.1, -0.05) is 25.0 Å². The SMILES string of the molecule is COc1c(C(=O)OCS(=O)(=O)C2CC3CCC2CC3)cccc1-c1ccoc1. The van der Waals surface area contributed by atoms with Gasteiger partial charge in [-0.25, -0.2) is 13.2 Å². The number of ether oxygens (including phenoxy) is 2. The number of carbonyl (C=O) groups is 1. The number of hydrogen-bond acceptors (Lipinski definition) is 6. The molecular formula is C21H24O6S. The van der Waals surface area contributed by atoms with Crippen molar-refractivity contribution in [2.75, 3.05) is 13.0 Å². The molecule has 3 aliphatic rings. The van der Waals surface area contributed by atoms with Crippen molar-refractivity contribution in [3.8, 4) is 16.9 Å². The molecule has 2 aromatic rings. The summed E-state index contributed by atoms with van der Waals surface area (Å²) in [6, 6.07) is 6.83. The normalized spacial score (nSPS) is 24.1. The summed E-state index contributed by atoms with van der Waals surface area (Å²) in [4.78, 5) is 12.6. The van der Waals surface area contributed by atoms with Gasteiger partial charge in [0.1, 0.15) is 11.3 Å². The summed E-state index contributed by atoms with van der Waals surface area (Å²) in [5.41, 5.74) is 1.64. The summed E-state index contributed by atoms with van der Waals surface area (Å²) in [7, 11) is -2.03. The molecule has 1 aromatic heterocycles. The Labute approximate surface area is 164 Å². The maximum absolute atomic E-state index is 12.8. The lowest BCUT2D eigenvalue weighted by atomic mass is 9.70. The van der Waals surface area contributed by atoms with Crippen LogP contribution >= 0.6 is 0 Å². The summed E-state index contributed by atoms with van der Waals surface area (Å²) in [5, 5.41) is -0.382. The molecule has 3 fully saturated rings. The quantitative estimate of drug-likeness (QED) is 0.675. The number of para-hydroxylation sites is 1. The van der Waals surface area contributed by atoms with E-state index in [-0.39, 0.29) is 16.7 Å². The molecule has 2 bridgehead atoms. The van der Waals surface area contributed by atoms with Gasteiger partial charge in [0.05, 0.1) is 24.9 Å². The fraction of sp³-hybridized carbons (Fsp3) is 0.476. The van der Waals surface area contributed by atoms with E-state index in [0.717, 1.165) is 31.2 Å². The van der Waals surface area contributed by atoms with E-state index >= 15 is 0 Å². The summed E-state index contributed by atoms with van der Waals surface area (Å²) >= 11 is 0. The standard InChI is InChI=1S/C21H24O6S/c1-25-20-17(16-9-10-26-12-16)3-2-4-18(20)21(22)27-13-28(23,24)19-11-14-5-7-15(19)8-6-14/h2-4,9-10,12,14-15,19H,5-8,11,13H2,1H3. The first-order valence-electron chi connectivity index (χ1n) is 9.58.